The molecule has 21 heavy (non-hydrogen) atoms. The predicted molar refractivity (Wildman–Crippen MR) is 81.2 cm³/mol. The van der Waals surface area contributed by atoms with Gasteiger partial charge in [-0.25, -0.2) is 0 Å². The Hall–Kier alpha value is -1.37. The number of non-ortho nitro benzene ring substituents is 1. The molecule has 0 atom stereocenters. The summed E-state index contributed by atoms with van der Waals surface area (Å²) in [6, 6.07) is 2.22. The van der Waals surface area contributed by atoms with E-state index < -0.39 is 10.8 Å². The second kappa shape index (κ2) is 8.81. The summed E-state index contributed by atoms with van der Waals surface area (Å²) in [5.41, 5.74) is -0.286. The highest BCUT2D eigenvalue weighted by atomic mass is 35.5. The Bertz CT molecular complexity index is 523. The Labute approximate surface area is 132 Å². The van der Waals surface area contributed by atoms with Crippen molar-refractivity contribution in [2.24, 2.45) is 0 Å². The molecule has 0 radical (unpaired) electrons. The summed E-state index contributed by atoms with van der Waals surface area (Å²) in [4.78, 5) is 22.1. The van der Waals surface area contributed by atoms with Crippen molar-refractivity contribution >= 4 is 34.8 Å². The quantitative estimate of drug-likeness (QED) is 0.448. The summed E-state index contributed by atoms with van der Waals surface area (Å²) in [5, 5.41) is 13.4. The van der Waals surface area contributed by atoms with E-state index in [1.807, 2.05) is 6.92 Å². The molecule has 1 aromatic rings. The normalized spacial score (nSPS) is 10.4. The number of amides is 1. The van der Waals surface area contributed by atoms with Gasteiger partial charge < -0.3 is 10.1 Å². The fourth-order valence-corrected chi connectivity index (χ4v) is 1.97. The van der Waals surface area contributed by atoms with Crippen molar-refractivity contribution in [1.82, 2.24) is 5.32 Å². The molecule has 1 aromatic carbocycles. The number of nitro benzene ring substituents is 1. The average molecular weight is 335 g/mol. The molecule has 1 rings (SSSR count). The van der Waals surface area contributed by atoms with Crippen LogP contribution in [0.3, 0.4) is 0 Å². The minimum Gasteiger partial charge on any atom is -0.381 e. The van der Waals surface area contributed by atoms with Crippen LogP contribution in [0.1, 0.15) is 30.1 Å². The third-order valence-electron chi connectivity index (χ3n) is 2.57. The van der Waals surface area contributed by atoms with Gasteiger partial charge >= 0.3 is 0 Å². The number of halogens is 2. The smallest absolute Gasteiger partial charge is 0.271 e. The summed E-state index contributed by atoms with van der Waals surface area (Å²) in [5.74, 6) is -0.499. The lowest BCUT2D eigenvalue weighted by Gasteiger charge is -2.08. The lowest BCUT2D eigenvalue weighted by Crippen LogP contribution is -2.25. The lowest BCUT2D eigenvalue weighted by atomic mass is 10.2. The summed E-state index contributed by atoms with van der Waals surface area (Å²) < 4.78 is 5.28. The second-order valence-electron chi connectivity index (χ2n) is 4.27. The first-order valence-corrected chi connectivity index (χ1v) is 7.22. The number of hydrogen-bond acceptors (Lipinski definition) is 4. The number of carbonyl (C=O) groups excluding carboxylic acids is 1. The first kappa shape index (κ1) is 17.7. The van der Waals surface area contributed by atoms with E-state index in [0.717, 1.165) is 18.6 Å². The highest BCUT2D eigenvalue weighted by molar-refractivity contribution is 6.44. The van der Waals surface area contributed by atoms with E-state index in [1.165, 1.54) is 0 Å². The first-order valence-electron chi connectivity index (χ1n) is 6.46. The maximum absolute atomic E-state index is 12.0. The minimum absolute atomic E-state index is 0.00185. The van der Waals surface area contributed by atoms with Gasteiger partial charge in [-0.3, -0.25) is 14.9 Å². The van der Waals surface area contributed by atoms with Crippen LogP contribution < -0.4 is 5.32 Å². The Morgan fingerprint density at radius 1 is 1.38 bits per heavy atom. The van der Waals surface area contributed by atoms with Gasteiger partial charge in [0.15, 0.2) is 0 Å². The van der Waals surface area contributed by atoms with Gasteiger partial charge in [-0.2, -0.15) is 0 Å². The fraction of sp³-hybridized carbons (Fsp3) is 0.462. The van der Waals surface area contributed by atoms with E-state index >= 15 is 0 Å². The summed E-state index contributed by atoms with van der Waals surface area (Å²) in [6.07, 6.45) is 1.58. The van der Waals surface area contributed by atoms with Crippen LogP contribution in [0.4, 0.5) is 5.69 Å². The van der Waals surface area contributed by atoms with Crippen LogP contribution in [0.2, 0.25) is 10.0 Å². The minimum atomic E-state index is -0.627. The molecule has 8 heteroatoms. The molecule has 0 aliphatic rings. The number of benzene rings is 1. The molecule has 0 fully saturated rings. The number of nitro groups is 1. The molecule has 0 aliphatic carbocycles. The van der Waals surface area contributed by atoms with Gasteiger partial charge in [-0.1, -0.05) is 30.1 Å². The zero-order valence-corrected chi connectivity index (χ0v) is 13.0. The average Bonchev–Trinajstić information content (AvgIpc) is 2.44. The number of nitrogens with zero attached hydrogens (tertiary/aromatic N) is 1. The number of rotatable bonds is 8. The maximum atomic E-state index is 12.0. The van der Waals surface area contributed by atoms with Crippen molar-refractivity contribution in [3.63, 3.8) is 0 Å². The molecule has 1 N–H and O–H groups in total. The molecule has 116 valence electrons. The Morgan fingerprint density at radius 2 is 2.10 bits per heavy atom. The standard InChI is InChI=1S/C13H16Cl2N2O4/c1-2-5-21-6-3-4-16-13(18)10-7-9(17(19)20)8-11(14)12(10)15/h7-8H,2-6H2,1H3,(H,16,18). The molecule has 0 saturated carbocycles. The van der Waals surface area contributed by atoms with E-state index in [1.54, 1.807) is 0 Å². The molecule has 6 nitrogen and oxygen atoms in total. The Kier molecular flexibility index (Phi) is 7.42. The van der Waals surface area contributed by atoms with Crippen molar-refractivity contribution < 1.29 is 14.5 Å². The molecule has 0 unspecified atom stereocenters. The van der Waals surface area contributed by atoms with Crippen LogP contribution in [-0.4, -0.2) is 30.6 Å². The van der Waals surface area contributed by atoms with Crippen molar-refractivity contribution in [1.29, 1.82) is 0 Å². The molecule has 1 amide bonds. The molecule has 0 bridgehead atoms. The van der Waals surface area contributed by atoms with E-state index in [2.05, 4.69) is 5.32 Å². The molecule has 0 heterocycles. The Balaban J connectivity index is 2.63. The highest BCUT2D eigenvalue weighted by Gasteiger charge is 2.19. The van der Waals surface area contributed by atoms with Crippen LogP contribution in [0.15, 0.2) is 12.1 Å². The second-order valence-corrected chi connectivity index (χ2v) is 5.05. The monoisotopic (exact) mass is 334 g/mol. The molecular formula is C13H16Cl2N2O4. The van der Waals surface area contributed by atoms with Gasteiger partial charge in [-0.05, 0) is 12.8 Å². The topological polar surface area (TPSA) is 81.5 Å². The van der Waals surface area contributed by atoms with Crippen LogP contribution >= 0.6 is 23.2 Å². The van der Waals surface area contributed by atoms with Gasteiger partial charge in [-0.15, -0.1) is 0 Å². The van der Waals surface area contributed by atoms with Crippen LogP contribution in [0.25, 0.3) is 0 Å². The summed E-state index contributed by atoms with van der Waals surface area (Å²) >= 11 is 11.7. The summed E-state index contributed by atoms with van der Waals surface area (Å²) in [7, 11) is 0. The number of nitrogens with one attached hydrogen (secondary N) is 1. The third kappa shape index (κ3) is 5.49. The summed E-state index contributed by atoms with van der Waals surface area (Å²) in [6.45, 7) is 3.62. The van der Waals surface area contributed by atoms with E-state index in [4.69, 9.17) is 27.9 Å². The Morgan fingerprint density at radius 3 is 2.71 bits per heavy atom. The molecule has 0 aliphatic heterocycles. The van der Waals surface area contributed by atoms with Crippen LogP contribution in [0.5, 0.6) is 0 Å². The molecule has 0 spiro atoms. The van der Waals surface area contributed by atoms with Crippen LogP contribution in [0, 0.1) is 10.1 Å². The first-order chi connectivity index (χ1) is 9.97. The lowest BCUT2D eigenvalue weighted by molar-refractivity contribution is -0.384. The number of carbonyl (C=O) groups is 1. The number of hydrogen-bond donors (Lipinski definition) is 1. The molecular weight excluding hydrogens is 319 g/mol. The van der Waals surface area contributed by atoms with Crippen molar-refractivity contribution in [2.75, 3.05) is 19.8 Å². The molecule has 0 aromatic heterocycles. The van der Waals surface area contributed by atoms with Gasteiger partial charge in [0, 0.05) is 31.9 Å². The van der Waals surface area contributed by atoms with Gasteiger partial charge in [0.05, 0.1) is 20.5 Å². The van der Waals surface area contributed by atoms with Gasteiger partial charge in [0.25, 0.3) is 11.6 Å². The van der Waals surface area contributed by atoms with E-state index in [0.29, 0.717) is 26.2 Å². The largest absolute Gasteiger partial charge is 0.381 e. The van der Waals surface area contributed by atoms with Gasteiger partial charge in [0.1, 0.15) is 0 Å². The van der Waals surface area contributed by atoms with Crippen molar-refractivity contribution in [3.05, 3.63) is 37.9 Å². The van der Waals surface area contributed by atoms with Crippen molar-refractivity contribution in [2.45, 2.75) is 19.8 Å². The maximum Gasteiger partial charge on any atom is 0.271 e. The zero-order chi connectivity index (χ0) is 15.8. The third-order valence-corrected chi connectivity index (χ3v) is 3.37. The van der Waals surface area contributed by atoms with Crippen LogP contribution in [-0.2, 0) is 4.74 Å². The molecule has 0 saturated heterocycles. The zero-order valence-electron chi connectivity index (χ0n) is 11.5. The number of ether oxygens (including phenoxy) is 1. The van der Waals surface area contributed by atoms with E-state index in [9.17, 15) is 14.9 Å². The predicted octanol–water partition coefficient (Wildman–Crippen LogP) is 3.45. The van der Waals surface area contributed by atoms with Crippen molar-refractivity contribution in [3.8, 4) is 0 Å². The fourth-order valence-electron chi connectivity index (χ4n) is 1.56. The SMILES string of the molecule is CCCOCCCNC(=O)c1cc([N+](=O)[O-])cc(Cl)c1Cl. The van der Waals surface area contributed by atoms with E-state index in [-0.39, 0.29) is 21.3 Å². The highest BCUT2D eigenvalue weighted by Crippen LogP contribution is 2.30. The van der Waals surface area contributed by atoms with Gasteiger partial charge in [0.2, 0.25) is 0 Å².